The number of hydrogen-bond acceptors (Lipinski definition) is 5. The number of para-hydroxylation sites is 1. The Labute approximate surface area is 156 Å². The number of carbonyl (C=O) groups excluding carboxylic acids is 2. The molecule has 2 aromatic carbocycles. The molecule has 0 atom stereocenters. The number of rotatable bonds is 4. The molecule has 3 amide bonds. The molecule has 0 saturated heterocycles. The van der Waals surface area contributed by atoms with Crippen LogP contribution in [0.5, 0.6) is 11.5 Å². The molecule has 26 heavy (non-hydrogen) atoms. The summed E-state index contributed by atoms with van der Waals surface area (Å²) in [6.07, 6.45) is 2.92. The van der Waals surface area contributed by atoms with Gasteiger partial charge >= 0.3 is 6.03 Å². The van der Waals surface area contributed by atoms with Crippen LogP contribution in [0.4, 0.5) is 10.5 Å². The number of benzene rings is 2. The van der Waals surface area contributed by atoms with Crippen LogP contribution < -0.4 is 14.4 Å². The second kappa shape index (κ2) is 8.17. The molecule has 0 aliphatic heterocycles. The zero-order chi connectivity index (χ0) is 18.4. The number of amides is 3. The van der Waals surface area contributed by atoms with E-state index in [9.17, 15) is 9.59 Å². The van der Waals surface area contributed by atoms with Gasteiger partial charge in [-0.2, -0.15) is 0 Å². The van der Waals surface area contributed by atoms with Crippen LogP contribution in [0.15, 0.2) is 79.1 Å². The van der Waals surface area contributed by atoms with Crippen LogP contribution >= 0.6 is 12.8 Å². The van der Waals surface area contributed by atoms with E-state index in [-0.39, 0.29) is 5.56 Å². The zero-order valence-corrected chi connectivity index (χ0v) is 14.5. The summed E-state index contributed by atoms with van der Waals surface area (Å²) >= 11 is 4.17. The minimum Gasteiger partial charge on any atom is -0.457 e. The molecule has 0 aliphatic rings. The van der Waals surface area contributed by atoms with Gasteiger partial charge in [-0.25, -0.2) is 9.10 Å². The topological polar surface area (TPSA) is 71.5 Å². The lowest BCUT2D eigenvalue weighted by Crippen LogP contribution is -2.38. The molecule has 3 rings (SSSR count). The monoisotopic (exact) mass is 365 g/mol. The summed E-state index contributed by atoms with van der Waals surface area (Å²) in [7, 11) is 0. The smallest absolute Gasteiger partial charge is 0.338 e. The van der Waals surface area contributed by atoms with Gasteiger partial charge in [0.05, 0.1) is 11.3 Å². The van der Waals surface area contributed by atoms with E-state index >= 15 is 0 Å². The Kier molecular flexibility index (Phi) is 5.50. The normalized spacial score (nSPS) is 10.0. The predicted octanol–water partition coefficient (Wildman–Crippen LogP) is 4.08. The van der Waals surface area contributed by atoms with Crippen molar-refractivity contribution >= 4 is 30.4 Å². The molecule has 0 radical (unpaired) electrons. The van der Waals surface area contributed by atoms with Crippen molar-refractivity contribution in [3.8, 4) is 11.5 Å². The third-order valence-corrected chi connectivity index (χ3v) is 3.79. The molecule has 0 fully saturated rings. The van der Waals surface area contributed by atoms with Crippen molar-refractivity contribution in [2.75, 3.05) is 4.31 Å². The lowest BCUT2D eigenvalue weighted by molar-refractivity contribution is 0.0966. The predicted molar refractivity (Wildman–Crippen MR) is 102 cm³/mol. The Hall–Kier alpha value is -3.32. The number of hydrogen-bond donors (Lipinski definition) is 2. The van der Waals surface area contributed by atoms with E-state index in [1.807, 2.05) is 30.3 Å². The first kappa shape index (κ1) is 17.5. The number of nitrogens with one attached hydrogen (secondary N) is 1. The van der Waals surface area contributed by atoms with Gasteiger partial charge in [-0.15, -0.1) is 0 Å². The van der Waals surface area contributed by atoms with Crippen molar-refractivity contribution in [3.63, 3.8) is 0 Å². The highest BCUT2D eigenvalue weighted by Gasteiger charge is 2.17. The number of imide groups is 1. The van der Waals surface area contributed by atoms with E-state index in [4.69, 9.17) is 4.74 Å². The van der Waals surface area contributed by atoms with Crippen LogP contribution in [-0.2, 0) is 0 Å². The van der Waals surface area contributed by atoms with Crippen molar-refractivity contribution in [2.24, 2.45) is 0 Å². The van der Waals surface area contributed by atoms with E-state index in [2.05, 4.69) is 23.1 Å². The number of pyridine rings is 1. The van der Waals surface area contributed by atoms with Gasteiger partial charge in [0.25, 0.3) is 5.91 Å². The van der Waals surface area contributed by atoms with E-state index in [0.29, 0.717) is 17.2 Å². The Morgan fingerprint density at radius 2 is 1.73 bits per heavy atom. The van der Waals surface area contributed by atoms with Gasteiger partial charge in [-0.05, 0) is 36.4 Å². The van der Waals surface area contributed by atoms with E-state index in [1.165, 1.54) is 6.20 Å². The molecule has 0 bridgehead atoms. The average molecular weight is 365 g/mol. The lowest BCUT2D eigenvalue weighted by Gasteiger charge is -2.17. The standard InChI is InChI=1S/C19H15N3O3S/c23-18(14-6-5-11-20-13-14)21-19(24)22(26)15-7-4-10-17(12-15)25-16-8-2-1-3-9-16/h1-13,26H,(H,21,23,24). The van der Waals surface area contributed by atoms with Crippen molar-refractivity contribution in [1.29, 1.82) is 0 Å². The molecule has 1 aromatic heterocycles. The van der Waals surface area contributed by atoms with Crippen LogP contribution in [0.3, 0.4) is 0 Å². The average Bonchev–Trinajstić information content (AvgIpc) is 2.69. The summed E-state index contributed by atoms with van der Waals surface area (Å²) in [6, 6.07) is 18.6. The van der Waals surface area contributed by atoms with Gasteiger partial charge in [0.15, 0.2) is 0 Å². The van der Waals surface area contributed by atoms with Gasteiger partial charge < -0.3 is 4.74 Å². The molecule has 0 saturated carbocycles. The summed E-state index contributed by atoms with van der Waals surface area (Å²) < 4.78 is 6.77. The Bertz CT molecular complexity index is 904. The van der Waals surface area contributed by atoms with Crippen LogP contribution in [0.25, 0.3) is 0 Å². The summed E-state index contributed by atoms with van der Waals surface area (Å²) in [4.78, 5) is 28.1. The van der Waals surface area contributed by atoms with Crippen molar-refractivity contribution < 1.29 is 14.3 Å². The summed E-state index contributed by atoms with van der Waals surface area (Å²) in [5.41, 5.74) is 0.738. The lowest BCUT2D eigenvalue weighted by atomic mass is 10.2. The highest BCUT2D eigenvalue weighted by Crippen LogP contribution is 2.26. The number of aromatic nitrogens is 1. The first-order valence-electron chi connectivity index (χ1n) is 7.71. The van der Waals surface area contributed by atoms with Gasteiger partial charge in [0.1, 0.15) is 11.5 Å². The number of anilines is 1. The van der Waals surface area contributed by atoms with Crippen LogP contribution in [-0.4, -0.2) is 16.9 Å². The van der Waals surface area contributed by atoms with E-state index in [0.717, 1.165) is 4.31 Å². The molecule has 3 aromatic rings. The third kappa shape index (κ3) is 4.40. The Balaban J connectivity index is 1.69. The van der Waals surface area contributed by atoms with Crippen molar-refractivity contribution in [3.05, 3.63) is 84.7 Å². The Morgan fingerprint density at radius 3 is 2.46 bits per heavy atom. The third-order valence-electron chi connectivity index (χ3n) is 3.38. The maximum Gasteiger partial charge on any atom is 0.338 e. The van der Waals surface area contributed by atoms with Crippen molar-refractivity contribution in [2.45, 2.75) is 0 Å². The molecule has 1 N–H and O–H groups in total. The minimum absolute atomic E-state index is 0.281. The second-order valence-corrected chi connectivity index (χ2v) is 5.63. The largest absolute Gasteiger partial charge is 0.457 e. The van der Waals surface area contributed by atoms with Gasteiger partial charge in [-0.3, -0.25) is 15.1 Å². The number of thiol groups is 1. The number of carbonyl (C=O) groups is 2. The number of urea groups is 1. The van der Waals surface area contributed by atoms with Gasteiger partial charge in [0, 0.05) is 18.5 Å². The molecule has 1 heterocycles. The molecule has 0 unspecified atom stereocenters. The highest BCUT2D eigenvalue weighted by atomic mass is 32.1. The quantitative estimate of drug-likeness (QED) is 0.684. The molecular weight excluding hydrogens is 350 g/mol. The zero-order valence-electron chi connectivity index (χ0n) is 13.6. The van der Waals surface area contributed by atoms with Crippen molar-refractivity contribution in [1.82, 2.24) is 10.3 Å². The molecule has 0 spiro atoms. The first-order chi connectivity index (χ1) is 12.6. The van der Waals surface area contributed by atoms with E-state index < -0.39 is 11.9 Å². The molecule has 130 valence electrons. The highest BCUT2D eigenvalue weighted by molar-refractivity contribution is 7.82. The minimum atomic E-state index is -0.681. The molecular formula is C19H15N3O3S. The van der Waals surface area contributed by atoms with Crippen LogP contribution in [0.1, 0.15) is 10.4 Å². The molecule has 6 nitrogen and oxygen atoms in total. The van der Waals surface area contributed by atoms with Crippen LogP contribution in [0, 0.1) is 0 Å². The summed E-state index contributed by atoms with van der Waals surface area (Å²) in [5, 5.41) is 2.25. The number of ether oxygens (including phenoxy) is 1. The Morgan fingerprint density at radius 1 is 0.962 bits per heavy atom. The second-order valence-electron chi connectivity index (χ2n) is 5.23. The fourth-order valence-corrected chi connectivity index (χ4v) is 2.31. The fraction of sp³-hybridized carbons (Fsp3) is 0. The first-order valence-corrected chi connectivity index (χ1v) is 8.11. The molecule has 7 heteroatoms. The van der Waals surface area contributed by atoms with Crippen LogP contribution in [0.2, 0.25) is 0 Å². The summed E-state index contributed by atoms with van der Waals surface area (Å²) in [5.74, 6) is 0.657. The maximum atomic E-state index is 12.3. The maximum absolute atomic E-state index is 12.3. The van der Waals surface area contributed by atoms with Gasteiger partial charge in [0.2, 0.25) is 0 Å². The van der Waals surface area contributed by atoms with E-state index in [1.54, 1.807) is 42.6 Å². The van der Waals surface area contributed by atoms with Gasteiger partial charge in [-0.1, -0.05) is 37.1 Å². The number of nitrogens with zero attached hydrogens (tertiary/aromatic N) is 2. The summed E-state index contributed by atoms with van der Waals surface area (Å²) in [6.45, 7) is 0. The molecule has 0 aliphatic carbocycles. The fourth-order valence-electron chi connectivity index (χ4n) is 2.14. The SMILES string of the molecule is O=C(NC(=O)N(S)c1cccc(Oc2ccccc2)c1)c1cccnc1.